The van der Waals surface area contributed by atoms with Crippen molar-refractivity contribution in [2.45, 2.75) is 6.92 Å². The predicted octanol–water partition coefficient (Wildman–Crippen LogP) is 2.09. The van der Waals surface area contributed by atoms with Crippen LogP contribution in [0.25, 0.3) is 0 Å². The number of carboxylic acid groups (broad SMARTS) is 1. The summed E-state index contributed by atoms with van der Waals surface area (Å²) in [6, 6.07) is 3.77. The molecule has 19 heavy (non-hydrogen) atoms. The number of aliphatic carboxylic acids is 1. The van der Waals surface area contributed by atoms with Crippen LogP contribution >= 0.6 is 0 Å². The maximum absolute atomic E-state index is 10.4. The standard InChI is InChI=1S/C14H19NO4/c1-10-8-12(18-3)13(19-4)9-11(10)15(2)7-5-6-14(16)17/h5-6,8-9H,7H2,1-4H3,(H,16,17)/b6-5+. The molecule has 0 atom stereocenters. The van der Waals surface area contributed by atoms with Gasteiger partial charge >= 0.3 is 5.97 Å². The predicted molar refractivity (Wildman–Crippen MR) is 74.3 cm³/mol. The summed E-state index contributed by atoms with van der Waals surface area (Å²) in [6.45, 7) is 2.47. The van der Waals surface area contributed by atoms with Gasteiger partial charge in [0.2, 0.25) is 0 Å². The van der Waals surface area contributed by atoms with Gasteiger partial charge in [0.05, 0.1) is 14.2 Å². The average molecular weight is 265 g/mol. The van der Waals surface area contributed by atoms with Crippen molar-refractivity contribution in [3.63, 3.8) is 0 Å². The van der Waals surface area contributed by atoms with Crippen LogP contribution in [0.15, 0.2) is 24.3 Å². The minimum Gasteiger partial charge on any atom is -0.493 e. The van der Waals surface area contributed by atoms with Crippen LogP contribution in [0.2, 0.25) is 0 Å². The fourth-order valence-corrected chi connectivity index (χ4v) is 1.79. The van der Waals surface area contributed by atoms with Crippen molar-refractivity contribution >= 4 is 11.7 Å². The number of rotatable bonds is 6. The highest BCUT2D eigenvalue weighted by atomic mass is 16.5. The summed E-state index contributed by atoms with van der Waals surface area (Å²) in [5.41, 5.74) is 2.00. The molecule has 0 bridgehead atoms. The number of methoxy groups -OCH3 is 2. The Labute approximate surface area is 113 Å². The molecule has 0 aromatic heterocycles. The van der Waals surface area contributed by atoms with Crippen LogP contribution in [0.4, 0.5) is 5.69 Å². The van der Waals surface area contributed by atoms with Crippen molar-refractivity contribution in [1.29, 1.82) is 0 Å². The first-order valence-electron chi connectivity index (χ1n) is 5.82. The van der Waals surface area contributed by atoms with Crippen molar-refractivity contribution < 1.29 is 19.4 Å². The highest BCUT2D eigenvalue weighted by molar-refractivity contribution is 5.79. The highest BCUT2D eigenvalue weighted by Crippen LogP contribution is 2.34. The molecular weight excluding hydrogens is 246 g/mol. The summed E-state index contributed by atoms with van der Waals surface area (Å²) in [6.07, 6.45) is 2.73. The van der Waals surface area contributed by atoms with Gasteiger partial charge in [-0.15, -0.1) is 0 Å². The number of ether oxygens (including phenoxy) is 2. The molecule has 1 N–H and O–H groups in total. The number of carbonyl (C=O) groups is 1. The summed E-state index contributed by atoms with van der Waals surface area (Å²) >= 11 is 0. The van der Waals surface area contributed by atoms with Gasteiger partial charge in [0, 0.05) is 31.4 Å². The number of hydrogen-bond acceptors (Lipinski definition) is 4. The second-order valence-corrected chi connectivity index (χ2v) is 4.11. The Bertz CT molecular complexity index is 483. The Morgan fingerprint density at radius 2 is 1.89 bits per heavy atom. The van der Waals surface area contributed by atoms with Gasteiger partial charge in [0.1, 0.15) is 0 Å². The van der Waals surface area contributed by atoms with Gasteiger partial charge in [-0.3, -0.25) is 0 Å². The summed E-state index contributed by atoms with van der Waals surface area (Å²) in [5, 5.41) is 8.56. The molecule has 1 rings (SSSR count). The zero-order valence-electron chi connectivity index (χ0n) is 11.6. The van der Waals surface area contributed by atoms with Crippen LogP contribution in [0, 0.1) is 6.92 Å². The molecule has 0 saturated carbocycles. The number of benzene rings is 1. The molecular formula is C14H19NO4. The second kappa shape index (κ2) is 6.68. The van der Waals surface area contributed by atoms with E-state index in [9.17, 15) is 4.79 Å². The van der Waals surface area contributed by atoms with Gasteiger partial charge in [-0.25, -0.2) is 4.79 Å². The fourth-order valence-electron chi connectivity index (χ4n) is 1.79. The minimum absolute atomic E-state index is 0.503. The topological polar surface area (TPSA) is 59.0 Å². The molecule has 5 nitrogen and oxygen atoms in total. The van der Waals surface area contributed by atoms with E-state index in [0.717, 1.165) is 17.3 Å². The van der Waals surface area contributed by atoms with Gasteiger partial charge in [-0.2, -0.15) is 0 Å². The molecule has 1 aromatic carbocycles. The van der Waals surface area contributed by atoms with Crippen molar-refractivity contribution in [3.05, 3.63) is 29.8 Å². The Morgan fingerprint density at radius 3 is 2.42 bits per heavy atom. The van der Waals surface area contributed by atoms with Crippen molar-refractivity contribution in [2.24, 2.45) is 0 Å². The second-order valence-electron chi connectivity index (χ2n) is 4.11. The SMILES string of the molecule is COc1cc(C)c(N(C)C/C=C/C(=O)O)cc1OC. The molecule has 0 aliphatic carbocycles. The minimum atomic E-state index is -0.947. The zero-order valence-corrected chi connectivity index (χ0v) is 11.6. The monoisotopic (exact) mass is 265 g/mol. The van der Waals surface area contributed by atoms with Crippen LogP contribution in [-0.2, 0) is 4.79 Å². The van der Waals surface area contributed by atoms with Gasteiger partial charge < -0.3 is 19.5 Å². The van der Waals surface area contributed by atoms with Crippen LogP contribution < -0.4 is 14.4 Å². The van der Waals surface area contributed by atoms with E-state index in [1.165, 1.54) is 0 Å². The summed E-state index contributed by atoms with van der Waals surface area (Å²) < 4.78 is 10.5. The van der Waals surface area contributed by atoms with Crippen molar-refractivity contribution in [1.82, 2.24) is 0 Å². The maximum atomic E-state index is 10.4. The number of hydrogen-bond donors (Lipinski definition) is 1. The largest absolute Gasteiger partial charge is 0.493 e. The lowest BCUT2D eigenvalue weighted by molar-refractivity contribution is -0.131. The molecule has 0 spiro atoms. The number of carboxylic acids is 1. The zero-order chi connectivity index (χ0) is 14.4. The third-order valence-corrected chi connectivity index (χ3v) is 2.75. The quantitative estimate of drug-likeness (QED) is 0.798. The van der Waals surface area contributed by atoms with Crippen LogP contribution in [0.1, 0.15) is 5.56 Å². The Balaban J connectivity index is 2.96. The van der Waals surface area contributed by atoms with E-state index in [-0.39, 0.29) is 0 Å². The number of nitrogens with zero attached hydrogens (tertiary/aromatic N) is 1. The Kier molecular flexibility index (Phi) is 5.23. The number of likely N-dealkylation sites (N-methyl/N-ethyl adjacent to an activating group) is 1. The van der Waals surface area contributed by atoms with E-state index in [1.54, 1.807) is 20.3 Å². The van der Waals surface area contributed by atoms with E-state index < -0.39 is 5.97 Å². The smallest absolute Gasteiger partial charge is 0.328 e. The molecule has 5 heteroatoms. The first-order valence-corrected chi connectivity index (χ1v) is 5.82. The highest BCUT2D eigenvalue weighted by Gasteiger charge is 2.10. The molecule has 0 saturated heterocycles. The lowest BCUT2D eigenvalue weighted by Crippen LogP contribution is -2.18. The maximum Gasteiger partial charge on any atom is 0.328 e. The molecule has 0 fully saturated rings. The summed E-state index contributed by atoms with van der Waals surface area (Å²) in [4.78, 5) is 12.4. The third-order valence-electron chi connectivity index (χ3n) is 2.75. The molecule has 0 radical (unpaired) electrons. The van der Waals surface area contributed by atoms with Gasteiger partial charge in [0.25, 0.3) is 0 Å². The van der Waals surface area contributed by atoms with Crippen LogP contribution in [0.3, 0.4) is 0 Å². The lowest BCUT2D eigenvalue weighted by atomic mass is 10.1. The Hall–Kier alpha value is -2.17. The van der Waals surface area contributed by atoms with Crippen LogP contribution in [0.5, 0.6) is 11.5 Å². The molecule has 0 aliphatic heterocycles. The Morgan fingerprint density at radius 1 is 1.32 bits per heavy atom. The molecule has 104 valence electrons. The van der Waals surface area contributed by atoms with Crippen molar-refractivity contribution in [3.8, 4) is 11.5 Å². The van der Waals surface area contributed by atoms with Crippen molar-refractivity contribution in [2.75, 3.05) is 32.7 Å². The first kappa shape index (κ1) is 14.9. The van der Waals surface area contributed by atoms with E-state index in [4.69, 9.17) is 14.6 Å². The van der Waals surface area contributed by atoms with E-state index in [1.807, 2.05) is 31.0 Å². The number of anilines is 1. The summed E-state index contributed by atoms with van der Waals surface area (Å²) in [7, 11) is 5.07. The molecule has 0 unspecified atom stereocenters. The molecule has 1 aromatic rings. The number of aryl methyl sites for hydroxylation is 1. The van der Waals surface area contributed by atoms with Gasteiger partial charge in [-0.05, 0) is 18.6 Å². The third kappa shape index (κ3) is 3.91. The molecule has 0 amide bonds. The average Bonchev–Trinajstić information content (AvgIpc) is 2.37. The van der Waals surface area contributed by atoms with Gasteiger partial charge in [0.15, 0.2) is 11.5 Å². The molecule has 0 aliphatic rings. The normalized spacial score (nSPS) is 10.5. The lowest BCUT2D eigenvalue weighted by Gasteiger charge is -2.21. The fraction of sp³-hybridized carbons (Fsp3) is 0.357. The first-order chi connectivity index (χ1) is 8.99. The summed E-state index contributed by atoms with van der Waals surface area (Å²) in [5.74, 6) is 0.382. The van der Waals surface area contributed by atoms with E-state index >= 15 is 0 Å². The molecule has 0 heterocycles. The van der Waals surface area contributed by atoms with E-state index in [0.29, 0.717) is 18.0 Å². The van der Waals surface area contributed by atoms with Crippen LogP contribution in [-0.4, -0.2) is 38.9 Å². The van der Waals surface area contributed by atoms with E-state index in [2.05, 4.69) is 0 Å². The van der Waals surface area contributed by atoms with Gasteiger partial charge in [-0.1, -0.05) is 6.08 Å².